The number of ketones is 1. The number of amides is 1. The standard InChI is InChI=1S/C18H16F3NO4/c1-2-15(23)12-7-9-13(10-8-12)25-11-17(24)22-14-5-3-4-6-16(14)26-18(19,20)21/h3-10H,2,11H2,1H3,(H,22,24). The van der Waals surface area contributed by atoms with Crippen LogP contribution in [0.5, 0.6) is 11.5 Å². The summed E-state index contributed by atoms with van der Waals surface area (Å²) in [5, 5.41) is 2.30. The smallest absolute Gasteiger partial charge is 0.484 e. The average molecular weight is 367 g/mol. The number of rotatable bonds is 7. The molecule has 1 N–H and O–H groups in total. The van der Waals surface area contributed by atoms with E-state index in [1.807, 2.05) is 0 Å². The third kappa shape index (κ3) is 5.80. The van der Waals surface area contributed by atoms with E-state index in [0.717, 1.165) is 6.07 Å². The van der Waals surface area contributed by atoms with E-state index < -0.39 is 24.6 Å². The molecule has 2 aromatic rings. The second kappa shape index (κ2) is 8.37. The minimum atomic E-state index is -4.87. The lowest BCUT2D eigenvalue weighted by Gasteiger charge is -2.14. The number of benzene rings is 2. The number of hydrogen-bond acceptors (Lipinski definition) is 4. The lowest BCUT2D eigenvalue weighted by Crippen LogP contribution is -2.22. The van der Waals surface area contributed by atoms with Crippen LogP contribution >= 0.6 is 0 Å². The molecule has 0 aliphatic heterocycles. The van der Waals surface area contributed by atoms with Gasteiger partial charge in [-0.25, -0.2) is 0 Å². The van der Waals surface area contributed by atoms with Gasteiger partial charge in [-0.3, -0.25) is 9.59 Å². The van der Waals surface area contributed by atoms with E-state index in [-0.39, 0.29) is 11.5 Å². The molecule has 2 aromatic carbocycles. The molecule has 0 saturated heterocycles. The first kappa shape index (κ1) is 19.3. The average Bonchev–Trinajstić information content (AvgIpc) is 2.60. The van der Waals surface area contributed by atoms with Crippen molar-refractivity contribution in [2.75, 3.05) is 11.9 Å². The van der Waals surface area contributed by atoms with Crippen LogP contribution in [0.4, 0.5) is 18.9 Å². The highest BCUT2D eigenvalue weighted by atomic mass is 19.4. The third-order valence-corrected chi connectivity index (χ3v) is 3.25. The third-order valence-electron chi connectivity index (χ3n) is 3.25. The monoisotopic (exact) mass is 367 g/mol. The molecule has 0 spiro atoms. The van der Waals surface area contributed by atoms with Crippen molar-refractivity contribution < 1.29 is 32.2 Å². The van der Waals surface area contributed by atoms with Gasteiger partial charge in [-0.1, -0.05) is 19.1 Å². The zero-order chi connectivity index (χ0) is 19.2. The molecule has 0 aromatic heterocycles. The maximum absolute atomic E-state index is 12.4. The summed E-state index contributed by atoms with van der Waals surface area (Å²) in [5.74, 6) is -0.837. The van der Waals surface area contributed by atoms with Gasteiger partial charge in [0.25, 0.3) is 5.91 Å². The number of carbonyl (C=O) groups is 2. The Balaban J connectivity index is 1.94. The van der Waals surface area contributed by atoms with Crippen molar-refractivity contribution in [3.8, 4) is 11.5 Å². The van der Waals surface area contributed by atoms with Crippen molar-refractivity contribution in [2.45, 2.75) is 19.7 Å². The Bertz CT molecular complexity index is 773. The van der Waals surface area contributed by atoms with E-state index in [4.69, 9.17) is 4.74 Å². The Hall–Kier alpha value is -3.03. The van der Waals surface area contributed by atoms with Crippen LogP contribution in [0.3, 0.4) is 0 Å². The molecular weight excluding hydrogens is 351 g/mol. The molecule has 0 saturated carbocycles. The van der Waals surface area contributed by atoms with Crippen LogP contribution in [-0.4, -0.2) is 24.7 Å². The van der Waals surface area contributed by atoms with Gasteiger partial charge in [0.05, 0.1) is 5.69 Å². The maximum Gasteiger partial charge on any atom is 0.573 e. The molecule has 0 heterocycles. The number of carbonyl (C=O) groups excluding carboxylic acids is 2. The number of nitrogens with one attached hydrogen (secondary N) is 1. The normalized spacial score (nSPS) is 10.9. The van der Waals surface area contributed by atoms with E-state index in [9.17, 15) is 22.8 Å². The topological polar surface area (TPSA) is 64.6 Å². The fourth-order valence-electron chi connectivity index (χ4n) is 2.06. The summed E-state index contributed by atoms with van der Waals surface area (Å²) in [7, 11) is 0. The van der Waals surface area contributed by atoms with Crippen LogP contribution in [0.1, 0.15) is 23.7 Å². The molecule has 26 heavy (non-hydrogen) atoms. The molecule has 5 nitrogen and oxygen atoms in total. The van der Waals surface area contributed by atoms with E-state index in [2.05, 4.69) is 10.1 Å². The summed E-state index contributed by atoms with van der Waals surface area (Å²) < 4.78 is 46.2. The highest BCUT2D eigenvalue weighted by Crippen LogP contribution is 2.29. The number of hydrogen-bond donors (Lipinski definition) is 1. The Kier molecular flexibility index (Phi) is 6.21. The number of ether oxygens (including phenoxy) is 2. The summed E-state index contributed by atoms with van der Waals surface area (Å²) in [4.78, 5) is 23.4. The van der Waals surface area contributed by atoms with Gasteiger partial charge >= 0.3 is 6.36 Å². The lowest BCUT2D eigenvalue weighted by atomic mass is 10.1. The van der Waals surface area contributed by atoms with Crippen molar-refractivity contribution in [3.05, 3.63) is 54.1 Å². The lowest BCUT2D eigenvalue weighted by molar-refractivity contribution is -0.274. The van der Waals surface area contributed by atoms with Crippen molar-refractivity contribution in [3.63, 3.8) is 0 Å². The first-order chi connectivity index (χ1) is 12.3. The number of anilines is 1. The zero-order valence-corrected chi connectivity index (χ0v) is 13.8. The SMILES string of the molecule is CCC(=O)c1ccc(OCC(=O)Nc2ccccc2OC(F)(F)F)cc1. The van der Waals surface area contributed by atoms with Crippen LogP contribution in [0.2, 0.25) is 0 Å². The maximum atomic E-state index is 12.4. The predicted octanol–water partition coefficient (Wildman–Crippen LogP) is 4.20. The minimum absolute atomic E-state index is 0.0180. The van der Waals surface area contributed by atoms with Gasteiger partial charge in [0.15, 0.2) is 18.1 Å². The summed E-state index contributed by atoms with van der Waals surface area (Å²) in [6.45, 7) is 1.33. The molecule has 138 valence electrons. The molecule has 0 atom stereocenters. The number of Topliss-reactive ketones (excluding diaryl/α,β-unsaturated/α-hetero) is 1. The highest BCUT2D eigenvalue weighted by Gasteiger charge is 2.32. The highest BCUT2D eigenvalue weighted by molar-refractivity contribution is 5.96. The van der Waals surface area contributed by atoms with E-state index >= 15 is 0 Å². The largest absolute Gasteiger partial charge is 0.573 e. The van der Waals surface area contributed by atoms with Gasteiger partial charge in [0.2, 0.25) is 0 Å². The molecule has 0 aliphatic rings. The quantitative estimate of drug-likeness (QED) is 0.745. The van der Waals surface area contributed by atoms with E-state index in [1.54, 1.807) is 19.1 Å². The Morgan fingerprint density at radius 2 is 1.69 bits per heavy atom. The van der Waals surface area contributed by atoms with E-state index in [1.165, 1.54) is 30.3 Å². The van der Waals surface area contributed by atoms with Crippen LogP contribution in [0, 0.1) is 0 Å². The molecular formula is C18H16F3NO4. The summed E-state index contributed by atoms with van der Waals surface area (Å²) >= 11 is 0. The van der Waals surface area contributed by atoms with Crippen molar-refractivity contribution >= 4 is 17.4 Å². The second-order valence-corrected chi connectivity index (χ2v) is 5.18. The summed E-state index contributed by atoms with van der Waals surface area (Å²) in [6.07, 6.45) is -4.49. The zero-order valence-electron chi connectivity index (χ0n) is 13.8. The molecule has 0 aliphatic carbocycles. The first-order valence-corrected chi connectivity index (χ1v) is 7.69. The van der Waals surface area contributed by atoms with Crippen LogP contribution < -0.4 is 14.8 Å². The Labute approximate surface area is 147 Å². The van der Waals surface area contributed by atoms with Crippen LogP contribution in [0.15, 0.2) is 48.5 Å². The first-order valence-electron chi connectivity index (χ1n) is 7.69. The molecule has 0 fully saturated rings. The van der Waals surface area contributed by atoms with Gasteiger partial charge in [-0.15, -0.1) is 13.2 Å². The Morgan fingerprint density at radius 1 is 1.04 bits per heavy atom. The minimum Gasteiger partial charge on any atom is -0.484 e. The second-order valence-electron chi connectivity index (χ2n) is 5.18. The van der Waals surface area contributed by atoms with Gasteiger partial charge in [0.1, 0.15) is 5.75 Å². The van der Waals surface area contributed by atoms with Crippen molar-refractivity contribution in [1.82, 2.24) is 0 Å². The predicted molar refractivity (Wildman–Crippen MR) is 88.3 cm³/mol. The molecule has 0 unspecified atom stereocenters. The number of para-hydroxylation sites is 2. The van der Waals surface area contributed by atoms with E-state index in [0.29, 0.717) is 17.7 Å². The number of halogens is 3. The molecule has 8 heteroatoms. The van der Waals surface area contributed by atoms with Gasteiger partial charge in [-0.05, 0) is 36.4 Å². The Morgan fingerprint density at radius 3 is 2.31 bits per heavy atom. The van der Waals surface area contributed by atoms with Gasteiger partial charge in [0, 0.05) is 12.0 Å². The summed E-state index contributed by atoms with van der Waals surface area (Å²) in [5.41, 5.74) is 0.407. The van der Waals surface area contributed by atoms with Crippen LogP contribution in [-0.2, 0) is 4.79 Å². The molecule has 0 radical (unpaired) electrons. The fraction of sp³-hybridized carbons (Fsp3) is 0.222. The molecule has 2 rings (SSSR count). The van der Waals surface area contributed by atoms with Gasteiger partial charge < -0.3 is 14.8 Å². The fourth-order valence-corrected chi connectivity index (χ4v) is 2.06. The van der Waals surface area contributed by atoms with Gasteiger partial charge in [-0.2, -0.15) is 0 Å². The number of alkyl halides is 3. The van der Waals surface area contributed by atoms with Crippen LogP contribution in [0.25, 0.3) is 0 Å². The van der Waals surface area contributed by atoms with Crippen molar-refractivity contribution in [2.24, 2.45) is 0 Å². The van der Waals surface area contributed by atoms with Crippen molar-refractivity contribution in [1.29, 1.82) is 0 Å². The summed E-state index contributed by atoms with van der Waals surface area (Å²) in [6, 6.07) is 11.4. The molecule has 0 bridgehead atoms. The molecule has 1 amide bonds.